The number of nitrogens with two attached hydrogens (primary N) is 1. The summed E-state index contributed by atoms with van der Waals surface area (Å²) in [7, 11) is 0. The molecular weight excluding hydrogens is 258 g/mol. The van der Waals surface area contributed by atoms with Crippen LogP contribution in [0, 0.1) is 0 Å². The van der Waals surface area contributed by atoms with Gasteiger partial charge in [-0.1, -0.05) is 12.1 Å². The summed E-state index contributed by atoms with van der Waals surface area (Å²) in [4.78, 5) is 0. The minimum atomic E-state index is 0.408. The van der Waals surface area contributed by atoms with Crippen LogP contribution in [-0.2, 0) is 0 Å². The van der Waals surface area contributed by atoms with Gasteiger partial charge in [0, 0.05) is 17.1 Å². The number of benzene rings is 2. The standard InChI is InChI=1S/C18H18N3/c1-12(2)20-16-5-3-4-6-17(16)21-15-9-8-14(19)11-13(15)7-10-18(20)21/h3-12H,19H2,1-2H3/q+1. The Bertz CT molecular complexity index is 980. The van der Waals surface area contributed by atoms with Crippen LogP contribution in [0.1, 0.15) is 19.9 Å². The molecule has 4 aromatic rings. The summed E-state index contributed by atoms with van der Waals surface area (Å²) in [5.41, 5.74) is 11.6. The van der Waals surface area contributed by atoms with E-state index >= 15 is 0 Å². The van der Waals surface area contributed by atoms with Crippen LogP contribution in [0.2, 0.25) is 0 Å². The van der Waals surface area contributed by atoms with E-state index in [0.717, 1.165) is 5.69 Å². The fourth-order valence-electron chi connectivity index (χ4n) is 3.24. The van der Waals surface area contributed by atoms with E-state index in [2.05, 4.69) is 65.3 Å². The number of pyridine rings is 1. The first kappa shape index (κ1) is 12.2. The van der Waals surface area contributed by atoms with Gasteiger partial charge in [0.15, 0.2) is 11.0 Å². The highest BCUT2D eigenvalue weighted by atomic mass is 15.1. The van der Waals surface area contributed by atoms with Crippen molar-refractivity contribution in [3.63, 3.8) is 0 Å². The van der Waals surface area contributed by atoms with Crippen molar-refractivity contribution in [2.45, 2.75) is 19.9 Å². The van der Waals surface area contributed by atoms with Gasteiger partial charge >= 0.3 is 0 Å². The fourth-order valence-corrected chi connectivity index (χ4v) is 3.24. The quantitative estimate of drug-likeness (QED) is 0.417. The van der Waals surface area contributed by atoms with Gasteiger partial charge in [-0.2, -0.15) is 4.40 Å². The van der Waals surface area contributed by atoms with E-state index in [1.54, 1.807) is 0 Å². The van der Waals surface area contributed by atoms with E-state index in [0.29, 0.717) is 6.04 Å². The lowest BCUT2D eigenvalue weighted by molar-refractivity contribution is -0.666. The molecule has 0 unspecified atom stereocenters. The molecule has 0 aliphatic carbocycles. The van der Waals surface area contributed by atoms with Crippen LogP contribution >= 0.6 is 0 Å². The molecule has 0 radical (unpaired) electrons. The summed E-state index contributed by atoms with van der Waals surface area (Å²) in [5.74, 6) is 0. The molecule has 3 heteroatoms. The van der Waals surface area contributed by atoms with Gasteiger partial charge in [-0.25, -0.2) is 4.57 Å². The molecular formula is C18H18N3+. The minimum absolute atomic E-state index is 0.408. The van der Waals surface area contributed by atoms with Crippen LogP contribution in [0.3, 0.4) is 0 Å². The van der Waals surface area contributed by atoms with Gasteiger partial charge in [-0.05, 0) is 50.2 Å². The number of fused-ring (bicyclic) bond motifs is 5. The Balaban J connectivity index is 2.31. The lowest BCUT2D eigenvalue weighted by atomic mass is 10.2. The average Bonchev–Trinajstić information content (AvgIpc) is 2.81. The van der Waals surface area contributed by atoms with Gasteiger partial charge < -0.3 is 5.73 Å². The molecule has 104 valence electrons. The molecule has 0 fully saturated rings. The average molecular weight is 276 g/mol. The van der Waals surface area contributed by atoms with Gasteiger partial charge in [0.1, 0.15) is 5.52 Å². The van der Waals surface area contributed by atoms with Gasteiger partial charge in [0.25, 0.3) is 5.65 Å². The Morgan fingerprint density at radius 3 is 2.57 bits per heavy atom. The molecule has 0 atom stereocenters. The van der Waals surface area contributed by atoms with Crippen molar-refractivity contribution in [2.24, 2.45) is 0 Å². The Morgan fingerprint density at radius 1 is 0.952 bits per heavy atom. The van der Waals surface area contributed by atoms with Crippen LogP contribution in [0.5, 0.6) is 0 Å². The molecule has 0 saturated heterocycles. The van der Waals surface area contributed by atoms with Crippen molar-refractivity contribution in [1.29, 1.82) is 0 Å². The van der Waals surface area contributed by atoms with E-state index < -0.39 is 0 Å². The minimum Gasteiger partial charge on any atom is -0.399 e. The number of nitrogen functional groups attached to an aromatic ring is 1. The molecule has 21 heavy (non-hydrogen) atoms. The molecule has 0 saturated carbocycles. The Kier molecular flexibility index (Phi) is 2.45. The maximum absolute atomic E-state index is 5.92. The van der Waals surface area contributed by atoms with Crippen molar-refractivity contribution >= 4 is 33.3 Å². The zero-order valence-electron chi connectivity index (χ0n) is 12.2. The molecule has 0 aliphatic rings. The molecule has 2 aromatic heterocycles. The smallest absolute Gasteiger partial charge is 0.287 e. The zero-order valence-corrected chi connectivity index (χ0v) is 12.2. The van der Waals surface area contributed by atoms with Crippen molar-refractivity contribution in [3.05, 3.63) is 54.6 Å². The Labute approximate surface area is 123 Å². The first-order valence-corrected chi connectivity index (χ1v) is 7.30. The molecule has 3 nitrogen and oxygen atoms in total. The monoisotopic (exact) mass is 276 g/mol. The number of para-hydroxylation sites is 2. The summed E-state index contributed by atoms with van der Waals surface area (Å²) >= 11 is 0. The first-order valence-electron chi connectivity index (χ1n) is 7.30. The topological polar surface area (TPSA) is 34.3 Å². The molecule has 2 aromatic carbocycles. The Hall–Kier alpha value is -2.55. The Morgan fingerprint density at radius 2 is 1.76 bits per heavy atom. The molecule has 0 bridgehead atoms. The molecule has 0 aliphatic heterocycles. The molecule has 0 spiro atoms. The molecule has 4 rings (SSSR count). The van der Waals surface area contributed by atoms with Crippen LogP contribution in [0.15, 0.2) is 54.6 Å². The second-order valence-electron chi connectivity index (χ2n) is 5.80. The SMILES string of the molecule is CC(C)[n+]1c2ccccc2n2c3ccc(N)cc3ccc21. The van der Waals surface area contributed by atoms with Crippen molar-refractivity contribution < 1.29 is 4.57 Å². The number of hydrogen-bond donors (Lipinski definition) is 1. The number of aromatic nitrogens is 2. The van der Waals surface area contributed by atoms with Crippen molar-refractivity contribution in [1.82, 2.24) is 4.40 Å². The third-order valence-corrected chi connectivity index (χ3v) is 4.08. The first-order chi connectivity index (χ1) is 10.2. The summed E-state index contributed by atoms with van der Waals surface area (Å²) in [5, 5.41) is 1.17. The third kappa shape index (κ3) is 1.64. The van der Waals surface area contributed by atoms with Crippen LogP contribution < -0.4 is 10.3 Å². The summed E-state index contributed by atoms with van der Waals surface area (Å²) < 4.78 is 4.70. The largest absolute Gasteiger partial charge is 0.399 e. The third-order valence-electron chi connectivity index (χ3n) is 4.08. The summed E-state index contributed by atoms with van der Waals surface area (Å²) in [6.45, 7) is 4.44. The molecule has 0 amide bonds. The van der Waals surface area contributed by atoms with E-state index in [1.165, 1.54) is 27.6 Å². The second-order valence-corrected chi connectivity index (χ2v) is 5.80. The summed E-state index contributed by atoms with van der Waals surface area (Å²) in [6.07, 6.45) is 0. The summed E-state index contributed by atoms with van der Waals surface area (Å²) in [6, 6.07) is 19.4. The van der Waals surface area contributed by atoms with E-state index in [1.807, 2.05) is 12.1 Å². The molecule has 2 N–H and O–H groups in total. The number of rotatable bonds is 1. The number of anilines is 1. The van der Waals surface area contributed by atoms with E-state index in [4.69, 9.17) is 5.73 Å². The van der Waals surface area contributed by atoms with Crippen LogP contribution in [0.4, 0.5) is 5.69 Å². The fraction of sp³-hybridized carbons (Fsp3) is 0.167. The van der Waals surface area contributed by atoms with Crippen molar-refractivity contribution in [2.75, 3.05) is 5.73 Å². The van der Waals surface area contributed by atoms with Crippen molar-refractivity contribution in [3.8, 4) is 0 Å². The lowest BCUT2D eigenvalue weighted by Gasteiger charge is -2.03. The highest BCUT2D eigenvalue weighted by molar-refractivity contribution is 5.89. The molecule has 2 heterocycles. The van der Waals surface area contributed by atoms with Gasteiger partial charge in [0.2, 0.25) is 0 Å². The highest BCUT2D eigenvalue weighted by Gasteiger charge is 2.22. The number of hydrogen-bond acceptors (Lipinski definition) is 1. The number of nitrogens with zero attached hydrogens (tertiary/aromatic N) is 2. The normalized spacial score (nSPS) is 12.0. The van der Waals surface area contributed by atoms with Gasteiger partial charge in [-0.15, -0.1) is 0 Å². The van der Waals surface area contributed by atoms with Crippen LogP contribution in [-0.4, -0.2) is 4.40 Å². The number of imidazole rings is 1. The van der Waals surface area contributed by atoms with Gasteiger partial charge in [-0.3, -0.25) is 0 Å². The van der Waals surface area contributed by atoms with Crippen LogP contribution in [0.25, 0.3) is 27.6 Å². The maximum Gasteiger partial charge on any atom is 0.287 e. The predicted molar refractivity (Wildman–Crippen MR) is 87.4 cm³/mol. The van der Waals surface area contributed by atoms with E-state index in [-0.39, 0.29) is 0 Å². The lowest BCUT2D eigenvalue weighted by Crippen LogP contribution is -2.35. The predicted octanol–water partition coefficient (Wildman–Crippen LogP) is 3.70. The van der Waals surface area contributed by atoms with Gasteiger partial charge in [0.05, 0.1) is 6.04 Å². The second kappa shape index (κ2) is 4.22. The maximum atomic E-state index is 5.92. The highest BCUT2D eigenvalue weighted by Crippen LogP contribution is 2.24. The zero-order chi connectivity index (χ0) is 14.6. The van der Waals surface area contributed by atoms with E-state index in [9.17, 15) is 0 Å².